The number of imidazole rings is 1. The molecule has 0 unspecified atom stereocenters. The lowest BCUT2D eigenvalue weighted by atomic mass is 10.1. The minimum Gasteiger partial charge on any atom is -0.350 e. The number of hydrazine groups is 1. The molecule has 0 fully saturated rings. The number of nitrogens with one attached hydrogen (secondary N) is 2. The predicted octanol–water partition coefficient (Wildman–Crippen LogP) is 0.507. The van der Waals surface area contributed by atoms with Crippen molar-refractivity contribution in [3.05, 3.63) is 52.6 Å². The van der Waals surface area contributed by atoms with E-state index in [2.05, 4.69) is 15.7 Å². The van der Waals surface area contributed by atoms with Gasteiger partial charge in [-0.2, -0.15) is 0 Å². The normalized spacial score (nSPS) is 10.1. The molecule has 0 radical (unpaired) electrons. The van der Waals surface area contributed by atoms with Crippen LogP contribution in [0.4, 0.5) is 11.4 Å². The van der Waals surface area contributed by atoms with E-state index in [9.17, 15) is 14.9 Å². The number of nitrogens with two attached hydrogens (primary N) is 1. The van der Waals surface area contributed by atoms with Gasteiger partial charge in [0.2, 0.25) is 0 Å². The zero-order valence-corrected chi connectivity index (χ0v) is 11.0. The van der Waals surface area contributed by atoms with E-state index in [4.69, 9.17) is 5.84 Å². The SMILES string of the molecule is NNc1ccc([N+](=O)[O-])cc1C(=O)NCCn1ccnc1. The van der Waals surface area contributed by atoms with Crippen molar-refractivity contribution >= 4 is 17.3 Å². The van der Waals surface area contributed by atoms with E-state index < -0.39 is 10.8 Å². The van der Waals surface area contributed by atoms with Crippen molar-refractivity contribution in [1.82, 2.24) is 14.9 Å². The average molecular weight is 290 g/mol. The largest absolute Gasteiger partial charge is 0.350 e. The molecule has 0 aliphatic heterocycles. The maximum atomic E-state index is 12.1. The van der Waals surface area contributed by atoms with Crippen molar-refractivity contribution in [3.8, 4) is 0 Å². The Morgan fingerprint density at radius 3 is 2.90 bits per heavy atom. The minimum absolute atomic E-state index is 0.123. The predicted molar refractivity (Wildman–Crippen MR) is 75.5 cm³/mol. The molecular formula is C12H14N6O3. The third-order valence-electron chi connectivity index (χ3n) is 2.83. The summed E-state index contributed by atoms with van der Waals surface area (Å²) in [5.74, 6) is 4.87. The van der Waals surface area contributed by atoms with Gasteiger partial charge in [-0.3, -0.25) is 20.8 Å². The fourth-order valence-corrected chi connectivity index (χ4v) is 1.77. The first-order valence-electron chi connectivity index (χ1n) is 6.11. The molecule has 0 aliphatic carbocycles. The number of nitrogens with zero attached hydrogens (tertiary/aromatic N) is 3. The molecule has 0 atom stereocenters. The van der Waals surface area contributed by atoms with E-state index in [1.54, 1.807) is 23.3 Å². The van der Waals surface area contributed by atoms with Crippen molar-refractivity contribution in [3.63, 3.8) is 0 Å². The smallest absolute Gasteiger partial charge is 0.270 e. The van der Waals surface area contributed by atoms with E-state index in [-0.39, 0.29) is 11.3 Å². The number of nitro benzene ring substituents is 1. The lowest BCUT2D eigenvalue weighted by molar-refractivity contribution is -0.384. The summed E-state index contributed by atoms with van der Waals surface area (Å²) in [4.78, 5) is 26.1. The van der Waals surface area contributed by atoms with Gasteiger partial charge in [0.15, 0.2) is 0 Å². The van der Waals surface area contributed by atoms with E-state index in [0.29, 0.717) is 18.8 Å². The quantitative estimate of drug-likeness (QED) is 0.404. The first-order valence-corrected chi connectivity index (χ1v) is 6.11. The summed E-state index contributed by atoms with van der Waals surface area (Å²) in [7, 11) is 0. The number of benzene rings is 1. The second kappa shape index (κ2) is 6.48. The molecule has 1 heterocycles. The summed E-state index contributed by atoms with van der Waals surface area (Å²) >= 11 is 0. The second-order valence-electron chi connectivity index (χ2n) is 4.19. The summed E-state index contributed by atoms with van der Waals surface area (Å²) in [5, 5.41) is 13.4. The van der Waals surface area contributed by atoms with Gasteiger partial charge >= 0.3 is 0 Å². The summed E-state index contributed by atoms with van der Waals surface area (Å²) in [6.45, 7) is 0.911. The summed E-state index contributed by atoms with van der Waals surface area (Å²) in [6.07, 6.45) is 5.04. The number of carbonyl (C=O) groups excluding carboxylic acids is 1. The Balaban J connectivity index is 2.06. The number of carbonyl (C=O) groups is 1. The zero-order valence-electron chi connectivity index (χ0n) is 11.0. The topological polar surface area (TPSA) is 128 Å². The van der Waals surface area contributed by atoms with Gasteiger partial charge < -0.3 is 15.3 Å². The molecule has 9 nitrogen and oxygen atoms in total. The maximum Gasteiger partial charge on any atom is 0.270 e. The highest BCUT2D eigenvalue weighted by Crippen LogP contribution is 2.21. The van der Waals surface area contributed by atoms with Crippen LogP contribution in [-0.4, -0.2) is 26.9 Å². The van der Waals surface area contributed by atoms with Crippen molar-refractivity contribution < 1.29 is 9.72 Å². The zero-order chi connectivity index (χ0) is 15.2. The van der Waals surface area contributed by atoms with Crippen LogP contribution in [0.5, 0.6) is 0 Å². The Morgan fingerprint density at radius 1 is 1.48 bits per heavy atom. The number of rotatable bonds is 6. The highest BCUT2D eigenvalue weighted by Gasteiger charge is 2.16. The number of non-ortho nitro benzene ring substituents is 1. The van der Waals surface area contributed by atoms with Crippen LogP contribution >= 0.6 is 0 Å². The molecule has 4 N–H and O–H groups in total. The first-order chi connectivity index (χ1) is 10.1. The summed E-state index contributed by atoms with van der Waals surface area (Å²) in [5.41, 5.74) is 2.62. The fourth-order valence-electron chi connectivity index (χ4n) is 1.77. The molecule has 0 bridgehead atoms. The molecule has 0 aliphatic rings. The molecule has 9 heteroatoms. The van der Waals surface area contributed by atoms with Gasteiger partial charge in [-0.15, -0.1) is 0 Å². The average Bonchev–Trinajstić information content (AvgIpc) is 2.99. The second-order valence-corrected chi connectivity index (χ2v) is 4.19. The third-order valence-corrected chi connectivity index (χ3v) is 2.83. The number of aromatic nitrogens is 2. The first kappa shape index (κ1) is 14.5. The number of hydrogen-bond acceptors (Lipinski definition) is 6. The minimum atomic E-state index is -0.567. The Morgan fingerprint density at radius 2 is 2.29 bits per heavy atom. The van der Waals surface area contributed by atoms with Crippen molar-refractivity contribution in [1.29, 1.82) is 0 Å². The molecule has 21 heavy (non-hydrogen) atoms. The third kappa shape index (κ3) is 3.54. The van der Waals surface area contributed by atoms with Crippen LogP contribution in [0.1, 0.15) is 10.4 Å². The Labute approximate surface area is 119 Å². The monoisotopic (exact) mass is 290 g/mol. The fraction of sp³-hybridized carbons (Fsp3) is 0.167. The van der Waals surface area contributed by atoms with Crippen LogP contribution in [0.25, 0.3) is 0 Å². The summed E-state index contributed by atoms with van der Waals surface area (Å²) < 4.78 is 1.80. The number of hydrogen-bond donors (Lipinski definition) is 3. The Hall–Kier alpha value is -2.94. The van der Waals surface area contributed by atoms with Crippen molar-refractivity contribution in [2.75, 3.05) is 12.0 Å². The lowest BCUT2D eigenvalue weighted by Gasteiger charge is -2.09. The number of nitro groups is 1. The van der Waals surface area contributed by atoms with E-state index in [1.165, 1.54) is 18.2 Å². The molecule has 0 saturated carbocycles. The Bertz CT molecular complexity index is 640. The molecular weight excluding hydrogens is 276 g/mol. The van der Waals surface area contributed by atoms with Crippen LogP contribution in [0.2, 0.25) is 0 Å². The molecule has 110 valence electrons. The molecule has 1 aromatic carbocycles. The molecule has 1 aromatic heterocycles. The van der Waals surface area contributed by atoms with Crippen molar-refractivity contribution in [2.24, 2.45) is 5.84 Å². The van der Waals surface area contributed by atoms with Crippen LogP contribution in [-0.2, 0) is 6.54 Å². The van der Waals surface area contributed by atoms with Crippen LogP contribution < -0.4 is 16.6 Å². The van der Waals surface area contributed by atoms with Gasteiger partial charge in [-0.25, -0.2) is 4.98 Å². The Kier molecular flexibility index (Phi) is 4.46. The lowest BCUT2D eigenvalue weighted by Crippen LogP contribution is -2.28. The van der Waals surface area contributed by atoms with E-state index >= 15 is 0 Å². The summed E-state index contributed by atoms with van der Waals surface area (Å²) in [6, 6.07) is 3.85. The molecule has 0 spiro atoms. The van der Waals surface area contributed by atoms with E-state index in [1.807, 2.05) is 0 Å². The van der Waals surface area contributed by atoms with Crippen LogP contribution in [0.3, 0.4) is 0 Å². The van der Waals surface area contributed by atoms with Gasteiger partial charge in [0.1, 0.15) is 0 Å². The molecule has 1 amide bonds. The molecule has 2 aromatic rings. The van der Waals surface area contributed by atoms with Gasteiger partial charge in [-0.05, 0) is 6.07 Å². The van der Waals surface area contributed by atoms with Gasteiger partial charge in [0, 0.05) is 37.6 Å². The standard InChI is InChI=1S/C12H14N6O3/c13-16-11-2-1-9(18(20)21)7-10(11)12(19)15-4-6-17-5-3-14-8-17/h1-3,5,7-8,16H,4,6,13H2,(H,15,19). The van der Waals surface area contributed by atoms with E-state index in [0.717, 1.165) is 0 Å². The maximum absolute atomic E-state index is 12.1. The molecule has 0 saturated heterocycles. The van der Waals surface area contributed by atoms with Crippen LogP contribution in [0, 0.1) is 10.1 Å². The molecule has 2 rings (SSSR count). The van der Waals surface area contributed by atoms with Crippen molar-refractivity contribution in [2.45, 2.75) is 6.54 Å². The number of nitrogen functional groups attached to an aromatic ring is 1. The van der Waals surface area contributed by atoms with Gasteiger partial charge in [0.05, 0.1) is 22.5 Å². The van der Waals surface area contributed by atoms with Gasteiger partial charge in [-0.1, -0.05) is 0 Å². The highest BCUT2D eigenvalue weighted by molar-refractivity contribution is 6.00. The number of amides is 1. The van der Waals surface area contributed by atoms with Gasteiger partial charge in [0.25, 0.3) is 11.6 Å². The number of anilines is 1. The highest BCUT2D eigenvalue weighted by atomic mass is 16.6. The van der Waals surface area contributed by atoms with Crippen LogP contribution in [0.15, 0.2) is 36.9 Å².